The number of benzene rings is 1. The molecule has 2 rings (SSSR count). The Balaban J connectivity index is 1.82. The van der Waals surface area contributed by atoms with Crippen LogP contribution in [0.1, 0.15) is 12.0 Å². The fourth-order valence-corrected chi connectivity index (χ4v) is 3.06. The van der Waals surface area contributed by atoms with E-state index in [9.17, 15) is 13.2 Å². The van der Waals surface area contributed by atoms with Crippen molar-refractivity contribution >= 4 is 15.9 Å². The van der Waals surface area contributed by atoms with Crippen LogP contribution in [0.2, 0.25) is 0 Å². The highest BCUT2D eigenvalue weighted by Crippen LogP contribution is 2.07. The molecule has 1 heterocycles. The van der Waals surface area contributed by atoms with Crippen LogP contribution in [0.4, 0.5) is 0 Å². The smallest absolute Gasteiger partial charge is 0.243 e. The Labute approximate surface area is 136 Å². The normalized spacial score (nSPS) is 11.4. The van der Waals surface area contributed by atoms with Crippen LogP contribution in [0.3, 0.4) is 0 Å². The van der Waals surface area contributed by atoms with Gasteiger partial charge in [-0.25, -0.2) is 13.1 Å². The van der Waals surface area contributed by atoms with Crippen molar-refractivity contribution in [2.75, 3.05) is 13.6 Å². The van der Waals surface area contributed by atoms with Gasteiger partial charge in [0.25, 0.3) is 0 Å². The van der Waals surface area contributed by atoms with Crippen molar-refractivity contribution in [3.8, 4) is 0 Å². The zero-order chi connectivity index (χ0) is 16.9. The SMILES string of the molecule is CN(Cc1ccccc1)C(=O)CCNS(=O)(=O)c1cnn(C)c1. The summed E-state index contributed by atoms with van der Waals surface area (Å²) in [5.41, 5.74) is 1.03. The van der Waals surface area contributed by atoms with Gasteiger partial charge in [-0.05, 0) is 5.56 Å². The largest absolute Gasteiger partial charge is 0.341 e. The molecular formula is C15H20N4O3S. The number of aryl methyl sites for hydroxylation is 1. The molecule has 2 aromatic rings. The summed E-state index contributed by atoms with van der Waals surface area (Å²) in [7, 11) is -0.284. The molecule has 0 radical (unpaired) electrons. The maximum atomic E-state index is 12.0. The van der Waals surface area contributed by atoms with Crippen molar-refractivity contribution in [3.05, 3.63) is 48.3 Å². The third-order valence-electron chi connectivity index (χ3n) is 3.31. The van der Waals surface area contributed by atoms with E-state index < -0.39 is 10.0 Å². The van der Waals surface area contributed by atoms with Gasteiger partial charge in [0, 0.05) is 39.8 Å². The number of nitrogens with zero attached hydrogens (tertiary/aromatic N) is 3. The molecular weight excluding hydrogens is 316 g/mol. The number of carbonyl (C=O) groups is 1. The highest BCUT2D eigenvalue weighted by molar-refractivity contribution is 7.89. The molecule has 23 heavy (non-hydrogen) atoms. The van der Waals surface area contributed by atoms with Crippen LogP contribution >= 0.6 is 0 Å². The molecule has 124 valence electrons. The van der Waals surface area contributed by atoms with E-state index in [1.54, 1.807) is 19.0 Å². The van der Waals surface area contributed by atoms with E-state index >= 15 is 0 Å². The Morgan fingerprint density at radius 1 is 1.30 bits per heavy atom. The first-order chi connectivity index (χ1) is 10.9. The lowest BCUT2D eigenvalue weighted by atomic mass is 10.2. The summed E-state index contributed by atoms with van der Waals surface area (Å²) < 4.78 is 27.8. The maximum absolute atomic E-state index is 12.0. The average Bonchev–Trinajstić information content (AvgIpc) is 2.95. The van der Waals surface area contributed by atoms with E-state index in [-0.39, 0.29) is 23.8 Å². The zero-order valence-corrected chi connectivity index (χ0v) is 14.0. The molecule has 0 saturated carbocycles. The fraction of sp³-hybridized carbons (Fsp3) is 0.333. The lowest BCUT2D eigenvalue weighted by Gasteiger charge is -2.17. The Morgan fingerprint density at radius 3 is 2.61 bits per heavy atom. The molecule has 1 aromatic heterocycles. The van der Waals surface area contributed by atoms with E-state index in [2.05, 4.69) is 9.82 Å². The lowest BCUT2D eigenvalue weighted by molar-refractivity contribution is -0.130. The minimum Gasteiger partial charge on any atom is -0.341 e. The van der Waals surface area contributed by atoms with Crippen LogP contribution in [-0.4, -0.2) is 42.6 Å². The monoisotopic (exact) mass is 336 g/mol. The predicted octanol–water partition coefficient (Wildman–Crippen LogP) is 0.747. The minimum absolute atomic E-state index is 0.0508. The maximum Gasteiger partial charge on any atom is 0.243 e. The summed E-state index contributed by atoms with van der Waals surface area (Å²) in [6.07, 6.45) is 2.78. The van der Waals surface area contributed by atoms with E-state index in [1.165, 1.54) is 17.1 Å². The number of sulfonamides is 1. The first-order valence-corrected chi connectivity index (χ1v) is 8.63. The molecule has 1 aromatic carbocycles. The minimum atomic E-state index is -3.62. The molecule has 0 aliphatic rings. The molecule has 0 unspecified atom stereocenters. The van der Waals surface area contributed by atoms with Crippen LogP contribution < -0.4 is 4.72 Å². The van der Waals surface area contributed by atoms with Crippen LogP contribution in [0.25, 0.3) is 0 Å². The van der Waals surface area contributed by atoms with Crippen molar-refractivity contribution in [3.63, 3.8) is 0 Å². The van der Waals surface area contributed by atoms with Gasteiger partial charge >= 0.3 is 0 Å². The summed E-state index contributed by atoms with van der Waals surface area (Å²) in [5.74, 6) is -0.122. The Hall–Kier alpha value is -2.19. The Kier molecular flexibility index (Phi) is 5.51. The van der Waals surface area contributed by atoms with Crippen LogP contribution in [0, 0.1) is 0 Å². The molecule has 0 fully saturated rings. The zero-order valence-electron chi connectivity index (χ0n) is 13.1. The second-order valence-electron chi connectivity index (χ2n) is 5.23. The molecule has 7 nitrogen and oxygen atoms in total. The van der Waals surface area contributed by atoms with Crippen molar-refractivity contribution in [1.29, 1.82) is 0 Å². The number of hydrogen-bond donors (Lipinski definition) is 1. The number of hydrogen-bond acceptors (Lipinski definition) is 4. The second-order valence-corrected chi connectivity index (χ2v) is 7.00. The van der Waals surface area contributed by atoms with Crippen molar-refractivity contribution in [2.45, 2.75) is 17.9 Å². The van der Waals surface area contributed by atoms with Gasteiger partial charge in [0.2, 0.25) is 15.9 Å². The van der Waals surface area contributed by atoms with Gasteiger partial charge in [0.1, 0.15) is 4.90 Å². The molecule has 0 bridgehead atoms. The van der Waals surface area contributed by atoms with Gasteiger partial charge in [-0.2, -0.15) is 5.10 Å². The van der Waals surface area contributed by atoms with Crippen LogP contribution in [0.5, 0.6) is 0 Å². The molecule has 8 heteroatoms. The predicted molar refractivity (Wildman–Crippen MR) is 85.9 cm³/mol. The van der Waals surface area contributed by atoms with E-state index in [1.807, 2.05) is 30.3 Å². The quantitative estimate of drug-likeness (QED) is 0.808. The molecule has 1 amide bonds. The highest BCUT2D eigenvalue weighted by atomic mass is 32.2. The topological polar surface area (TPSA) is 84.3 Å². The average molecular weight is 336 g/mol. The Morgan fingerprint density at radius 2 is 2.00 bits per heavy atom. The third-order valence-corrected chi connectivity index (χ3v) is 4.73. The van der Waals surface area contributed by atoms with Gasteiger partial charge in [0.15, 0.2) is 0 Å². The first-order valence-electron chi connectivity index (χ1n) is 7.15. The number of aromatic nitrogens is 2. The fourth-order valence-electron chi connectivity index (χ4n) is 2.05. The van der Waals surface area contributed by atoms with Gasteiger partial charge < -0.3 is 4.90 Å². The number of carbonyl (C=O) groups excluding carboxylic acids is 1. The molecule has 0 atom stereocenters. The number of nitrogens with one attached hydrogen (secondary N) is 1. The van der Waals surface area contributed by atoms with Crippen molar-refractivity contribution in [2.24, 2.45) is 7.05 Å². The molecule has 0 aliphatic carbocycles. The lowest BCUT2D eigenvalue weighted by Crippen LogP contribution is -2.31. The van der Waals surface area contributed by atoms with Gasteiger partial charge in [0.05, 0.1) is 6.20 Å². The summed E-state index contributed by atoms with van der Waals surface area (Å²) in [5, 5.41) is 3.82. The van der Waals surface area contributed by atoms with E-state index in [4.69, 9.17) is 0 Å². The standard InChI is InChI=1S/C15H20N4O3S/c1-18(11-13-6-4-3-5-7-13)15(20)8-9-17-23(21,22)14-10-16-19(2)12-14/h3-7,10,12,17H,8-9,11H2,1-2H3. The second kappa shape index (κ2) is 7.38. The first kappa shape index (κ1) is 17.2. The molecule has 0 saturated heterocycles. The highest BCUT2D eigenvalue weighted by Gasteiger charge is 2.17. The summed E-state index contributed by atoms with van der Waals surface area (Å²) in [6.45, 7) is 0.546. The molecule has 1 N–H and O–H groups in total. The van der Waals surface area contributed by atoms with Gasteiger partial charge in [-0.3, -0.25) is 9.48 Å². The van der Waals surface area contributed by atoms with Gasteiger partial charge in [-0.1, -0.05) is 30.3 Å². The summed E-state index contributed by atoms with van der Waals surface area (Å²) in [6, 6.07) is 9.62. The number of amides is 1. The van der Waals surface area contributed by atoms with Crippen molar-refractivity contribution in [1.82, 2.24) is 19.4 Å². The van der Waals surface area contributed by atoms with E-state index in [0.717, 1.165) is 5.56 Å². The Bertz CT molecular complexity index is 756. The molecule has 0 spiro atoms. The summed E-state index contributed by atoms with van der Waals surface area (Å²) >= 11 is 0. The summed E-state index contributed by atoms with van der Waals surface area (Å²) in [4.78, 5) is 13.7. The van der Waals surface area contributed by atoms with Crippen LogP contribution in [0.15, 0.2) is 47.6 Å². The third kappa shape index (κ3) is 4.90. The van der Waals surface area contributed by atoms with Gasteiger partial charge in [-0.15, -0.1) is 0 Å². The van der Waals surface area contributed by atoms with E-state index in [0.29, 0.717) is 6.54 Å². The van der Waals surface area contributed by atoms with Crippen LogP contribution in [-0.2, 0) is 28.4 Å². The number of rotatable bonds is 7. The van der Waals surface area contributed by atoms with Crippen molar-refractivity contribution < 1.29 is 13.2 Å². The molecule has 0 aliphatic heterocycles.